The van der Waals surface area contributed by atoms with E-state index >= 15 is 0 Å². The molecule has 116 valence electrons. The topological polar surface area (TPSA) is 67.3 Å². The van der Waals surface area contributed by atoms with Crippen LogP contribution in [0.2, 0.25) is 0 Å². The lowest BCUT2D eigenvalue weighted by atomic mass is 10.2. The van der Waals surface area contributed by atoms with Crippen molar-refractivity contribution < 1.29 is 4.39 Å². The standard InChI is InChI=1S/C18H12FN5/c19-14-5-3-4-12(8-14)17-21-9-13(10-22-17)16-11-23-18(24-16)15-6-1-2-7-20-15/h1-11H,(H,23,24). The van der Waals surface area contributed by atoms with Crippen LogP contribution in [0.1, 0.15) is 0 Å². The fourth-order valence-corrected chi connectivity index (χ4v) is 2.34. The number of rotatable bonds is 3. The summed E-state index contributed by atoms with van der Waals surface area (Å²) in [5.74, 6) is 0.839. The van der Waals surface area contributed by atoms with Gasteiger partial charge in [-0.2, -0.15) is 0 Å². The Labute approximate surface area is 137 Å². The molecule has 0 radical (unpaired) electrons. The van der Waals surface area contributed by atoms with E-state index in [9.17, 15) is 4.39 Å². The Bertz CT molecular complexity index is 964. The fraction of sp³-hybridized carbons (Fsp3) is 0. The highest BCUT2D eigenvalue weighted by molar-refractivity contribution is 5.63. The second-order valence-electron chi connectivity index (χ2n) is 5.15. The van der Waals surface area contributed by atoms with Gasteiger partial charge in [-0.1, -0.05) is 18.2 Å². The van der Waals surface area contributed by atoms with E-state index in [-0.39, 0.29) is 5.82 Å². The average molecular weight is 317 g/mol. The zero-order valence-electron chi connectivity index (χ0n) is 12.5. The lowest BCUT2D eigenvalue weighted by Crippen LogP contribution is -1.90. The van der Waals surface area contributed by atoms with Crippen LogP contribution in [-0.4, -0.2) is 24.9 Å². The maximum atomic E-state index is 13.3. The smallest absolute Gasteiger partial charge is 0.159 e. The van der Waals surface area contributed by atoms with Gasteiger partial charge in [0.25, 0.3) is 0 Å². The van der Waals surface area contributed by atoms with Crippen molar-refractivity contribution in [2.75, 3.05) is 0 Å². The van der Waals surface area contributed by atoms with Gasteiger partial charge in [-0.3, -0.25) is 4.98 Å². The van der Waals surface area contributed by atoms with Crippen LogP contribution in [0.3, 0.4) is 0 Å². The number of hydrogen-bond donors (Lipinski definition) is 1. The zero-order chi connectivity index (χ0) is 16.4. The molecule has 0 aliphatic heterocycles. The van der Waals surface area contributed by atoms with Crippen LogP contribution in [0, 0.1) is 5.82 Å². The highest BCUT2D eigenvalue weighted by Crippen LogP contribution is 2.21. The van der Waals surface area contributed by atoms with Crippen LogP contribution >= 0.6 is 0 Å². The quantitative estimate of drug-likeness (QED) is 0.625. The fourth-order valence-electron chi connectivity index (χ4n) is 2.34. The first-order valence-corrected chi connectivity index (χ1v) is 7.35. The van der Waals surface area contributed by atoms with Crippen molar-refractivity contribution in [2.24, 2.45) is 0 Å². The Hall–Kier alpha value is -3.41. The third kappa shape index (κ3) is 2.77. The van der Waals surface area contributed by atoms with Crippen LogP contribution in [0.5, 0.6) is 0 Å². The van der Waals surface area contributed by atoms with E-state index in [0.29, 0.717) is 17.2 Å². The second kappa shape index (κ2) is 6.00. The first kappa shape index (κ1) is 14.2. The Morgan fingerprint density at radius 1 is 0.833 bits per heavy atom. The number of aromatic amines is 1. The Morgan fingerprint density at radius 2 is 1.71 bits per heavy atom. The second-order valence-corrected chi connectivity index (χ2v) is 5.15. The van der Waals surface area contributed by atoms with E-state index in [1.807, 2.05) is 18.2 Å². The minimum absolute atomic E-state index is 0.313. The highest BCUT2D eigenvalue weighted by Gasteiger charge is 2.08. The number of halogens is 1. The van der Waals surface area contributed by atoms with Crippen molar-refractivity contribution in [3.8, 4) is 34.2 Å². The van der Waals surface area contributed by atoms with E-state index in [1.165, 1.54) is 12.1 Å². The van der Waals surface area contributed by atoms with Crippen molar-refractivity contribution in [1.82, 2.24) is 24.9 Å². The SMILES string of the molecule is Fc1cccc(-c2ncc(-c3c[nH]c(-c4ccccn4)n3)cn2)c1. The molecule has 1 aromatic carbocycles. The molecule has 0 saturated carbocycles. The van der Waals surface area contributed by atoms with Gasteiger partial charge in [0.15, 0.2) is 11.6 Å². The lowest BCUT2D eigenvalue weighted by Gasteiger charge is -2.01. The molecule has 4 rings (SSSR count). The lowest BCUT2D eigenvalue weighted by molar-refractivity contribution is 0.628. The average Bonchev–Trinajstić information content (AvgIpc) is 3.13. The van der Waals surface area contributed by atoms with Gasteiger partial charge in [-0.25, -0.2) is 19.3 Å². The molecule has 6 heteroatoms. The summed E-state index contributed by atoms with van der Waals surface area (Å²) in [6.07, 6.45) is 6.84. The molecule has 0 bridgehead atoms. The van der Waals surface area contributed by atoms with Gasteiger partial charge in [-0.15, -0.1) is 0 Å². The predicted octanol–water partition coefficient (Wildman–Crippen LogP) is 3.73. The number of H-pyrrole nitrogens is 1. The van der Waals surface area contributed by atoms with Crippen molar-refractivity contribution in [3.63, 3.8) is 0 Å². The molecule has 24 heavy (non-hydrogen) atoms. The third-order valence-electron chi connectivity index (χ3n) is 3.52. The number of nitrogens with one attached hydrogen (secondary N) is 1. The van der Waals surface area contributed by atoms with Crippen molar-refractivity contribution in [1.29, 1.82) is 0 Å². The molecule has 0 fully saturated rings. The molecule has 4 aromatic rings. The number of hydrogen-bond acceptors (Lipinski definition) is 4. The summed E-state index contributed by atoms with van der Waals surface area (Å²) in [6.45, 7) is 0. The first-order valence-electron chi connectivity index (χ1n) is 7.35. The Morgan fingerprint density at radius 3 is 2.46 bits per heavy atom. The number of nitrogens with zero attached hydrogens (tertiary/aromatic N) is 4. The van der Waals surface area contributed by atoms with E-state index in [0.717, 1.165) is 17.0 Å². The van der Waals surface area contributed by atoms with Gasteiger partial charge in [0.05, 0.1) is 5.69 Å². The van der Waals surface area contributed by atoms with Gasteiger partial charge in [0, 0.05) is 35.9 Å². The first-order chi connectivity index (χ1) is 11.8. The maximum Gasteiger partial charge on any atom is 0.159 e. The largest absolute Gasteiger partial charge is 0.343 e. The molecule has 0 spiro atoms. The Balaban J connectivity index is 1.63. The summed E-state index contributed by atoms with van der Waals surface area (Å²) in [6, 6.07) is 11.8. The molecule has 5 nitrogen and oxygen atoms in total. The summed E-state index contributed by atoms with van der Waals surface area (Å²) >= 11 is 0. The highest BCUT2D eigenvalue weighted by atomic mass is 19.1. The van der Waals surface area contributed by atoms with E-state index in [2.05, 4.69) is 24.9 Å². The number of aromatic nitrogens is 5. The van der Waals surface area contributed by atoms with Gasteiger partial charge in [-0.05, 0) is 24.3 Å². The van der Waals surface area contributed by atoms with Crippen molar-refractivity contribution in [2.45, 2.75) is 0 Å². The van der Waals surface area contributed by atoms with E-state index in [4.69, 9.17) is 0 Å². The molecule has 1 N–H and O–H groups in total. The summed E-state index contributed by atoms with van der Waals surface area (Å²) in [4.78, 5) is 20.5. The molecule has 0 atom stereocenters. The zero-order valence-corrected chi connectivity index (χ0v) is 12.5. The molecule has 0 saturated heterocycles. The minimum atomic E-state index is -0.313. The Kier molecular flexibility index (Phi) is 3.55. The maximum absolute atomic E-state index is 13.3. The summed E-state index contributed by atoms with van der Waals surface area (Å²) < 4.78 is 13.3. The number of pyridine rings is 1. The van der Waals surface area contributed by atoms with E-state index < -0.39 is 0 Å². The molecular formula is C18H12FN5. The van der Waals surface area contributed by atoms with Gasteiger partial charge in [0.1, 0.15) is 11.5 Å². The normalized spacial score (nSPS) is 10.7. The third-order valence-corrected chi connectivity index (χ3v) is 3.52. The number of imidazole rings is 1. The molecule has 0 aliphatic rings. The summed E-state index contributed by atoms with van der Waals surface area (Å²) in [5, 5.41) is 0. The van der Waals surface area contributed by atoms with Crippen LogP contribution in [0.4, 0.5) is 4.39 Å². The van der Waals surface area contributed by atoms with Crippen LogP contribution in [0.25, 0.3) is 34.2 Å². The van der Waals surface area contributed by atoms with Crippen LogP contribution in [0.15, 0.2) is 67.3 Å². The van der Waals surface area contributed by atoms with Crippen molar-refractivity contribution >= 4 is 0 Å². The van der Waals surface area contributed by atoms with Gasteiger partial charge < -0.3 is 4.98 Å². The minimum Gasteiger partial charge on any atom is -0.343 e. The molecule has 0 unspecified atom stereocenters. The van der Waals surface area contributed by atoms with E-state index in [1.54, 1.807) is 36.9 Å². The monoisotopic (exact) mass is 317 g/mol. The van der Waals surface area contributed by atoms with Crippen LogP contribution < -0.4 is 0 Å². The molecule has 3 aromatic heterocycles. The van der Waals surface area contributed by atoms with Gasteiger partial charge in [0.2, 0.25) is 0 Å². The van der Waals surface area contributed by atoms with Crippen LogP contribution in [-0.2, 0) is 0 Å². The molecule has 3 heterocycles. The van der Waals surface area contributed by atoms with Gasteiger partial charge >= 0.3 is 0 Å². The molecular weight excluding hydrogens is 305 g/mol. The number of benzene rings is 1. The summed E-state index contributed by atoms with van der Waals surface area (Å²) in [5.41, 5.74) is 2.90. The predicted molar refractivity (Wildman–Crippen MR) is 88.2 cm³/mol. The summed E-state index contributed by atoms with van der Waals surface area (Å²) in [7, 11) is 0. The molecule has 0 amide bonds. The molecule has 0 aliphatic carbocycles. The van der Waals surface area contributed by atoms with Crippen molar-refractivity contribution in [3.05, 3.63) is 73.1 Å².